The Bertz CT molecular complexity index is 771. The lowest BCUT2D eigenvalue weighted by Crippen LogP contribution is -2.34. The summed E-state index contributed by atoms with van der Waals surface area (Å²) in [6.07, 6.45) is 0.738. The zero-order chi connectivity index (χ0) is 18.7. The molecule has 6 nitrogen and oxygen atoms in total. The van der Waals surface area contributed by atoms with E-state index in [0.717, 1.165) is 23.6 Å². The number of nitrogens with zero attached hydrogens (tertiary/aromatic N) is 3. The van der Waals surface area contributed by atoms with Crippen molar-refractivity contribution < 1.29 is 9.53 Å². The number of ether oxygens (including phenoxy) is 1. The Morgan fingerprint density at radius 1 is 1.23 bits per heavy atom. The van der Waals surface area contributed by atoms with E-state index in [9.17, 15) is 4.79 Å². The van der Waals surface area contributed by atoms with Gasteiger partial charge in [0.25, 0.3) is 0 Å². The predicted molar refractivity (Wildman–Crippen MR) is 102 cm³/mol. The van der Waals surface area contributed by atoms with Gasteiger partial charge in [0.1, 0.15) is 17.7 Å². The van der Waals surface area contributed by atoms with Gasteiger partial charge in [0.15, 0.2) is 0 Å². The highest BCUT2D eigenvalue weighted by molar-refractivity contribution is 6.00. The summed E-state index contributed by atoms with van der Waals surface area (Å²) in [5.74, 6) is 1.48. The molecular weight excluding hydrogens is 328 g/mol. The van der Waals surface area contributed by atoms with Gasteiger partial charge in [-0.25, -0.2) is 9.97 Å². The lowest BCUT2D eigenvalue weighted by molar-refractivity contribution is -0.117. The van der Waals surface area contributed by atoms with Crippen LogP contribution in [0.2, 0.25) is 0 Å². The zero-order valence-corrected chi connectivity index (χ0v) is 15.8. The minimum Gasteiger partial charge on any atom is -0.378 e. The fraction of sp³-hybridized carbons (Fsp3) is 0.450. The summed E-state index contributed by atoms with van der Waals surface area (Å²) >= 11 is 0. The summed E-state index contributed by atoms with van der Waals surface area (Å²) < 4.78 is 5.22. The number of aromatic nitrogens is 2. The monoisotopic (exact) mass is 354 g/mol. The third kappa shape index (κ3) is 4.02. The number of carbonyl (C=O) groups excluding carboxylic acids is 1. The van der Waals surface area contributed by atoms with E-state index in [1.165, 1.54) is 0 Å². The van der Waals surface area contributed by atoms with Crippen molar-refractivity contribution in [3.8, 4) is 0 Å². The van der Waals surface area contributed by atoms with E-state index in [-0.39, 0.29) is 17.4 Å². The van der Waals surface area contributed by atoms with Crippen molar-refractivity contribution in [2.75, 3.05) is 23.9 Å². The molecule has 1 amide bonds. The van der Waals surface area contributed by atoms with Crippen LogP contribution in [0.5, 0.6) is 0 Å². The molecule has 0 aliphatic carbocycles. The highest BCUT2D eigenvalue weighted by Gasteiger charge is 2.33. The predicted octanol–water partition coefficient (Wildman–Crippen LogP) is 3.14. The number of para-hydroxylation sites is 1. The topological polar surface area (TPSA) is 67.3 Å². The van der Waals surface area contributed by atoms with Crippen molar-refractivity contribution in [3.05, 3.63) is 47.9 Å². The molecular formula is C20H26N4O2. The van der Waals surface area contributed by atoms with Crippen LogP contribution in [-0.4, -0.2) is 35.6 Å². The molecule has 1 N–H and O–H groups in total. The van der Waals surface area contributed by atoms with Gasteiger partial charge in [0.2, 0.25) is 5.91 Å². The first-order valence-electron chi connectivity index (χ1n) is 8.89. The van der Waals surface area contributed by atoms with Gasteiger partial charge >= 0.3 is 0 Å². The van der Waals surface area contributed by atoms with Crippen LogP contribution in [0.3, 0.4) is 0 Å². The van der Waals surface area contributed by atoms with Crippen molar-refractivity contribution in [1.82, 2.24) is 9.97 Å². The van der Waals surface area contributed by atoms with Crippen molar-refractivity contribution in [3.63, 3.8) is 0 Å². The van der Waals surface area contributed by atoms with Crippen LogP contribution in [0.4, 0.5) is 11.5 Å². The van der Waals surface area contributed by atoms with Gasteiger partial charge in [-0.05, 0) is 18.6 Å². The second kappa shape index (κ2) is 7.41. The maximum atomic E-state index is 12.8. The van der Waals surface area contributed by atoms with E-state index in [0.29, 0.717) is 19.0 Å². The molecule has 138 valence electrons. The zero-order valence-electron chi connectivity index (χ0n) is 15.8. The molecule has 3 rings (SSSR count). The second-order valence-corrected chi connectivity index (χ2v) is 7.56. The van der Waals surface area contributed by atoms with Gasteiger partial charge in [-0.3, -0.25) is 4.79 Å². The number of hydrogen-bond acceptors (Lipinski definition) is 5. The molecule has 6 heteroatoms. The summed E-state index contributed by atoms with van der Waals surface area (Å²) in [4.78, 5) is 23.8. The number of benzene rings is 1. The van der Waals surface area contributed by atoms with Crippen LogP contribution in [0.1, 0.15) is 38.7 Å². The first-order chi connectivity index (χ1) is 12.4. The van der Waals surface area contributed by atoms with Gasteiger partial charge < -0.3 is 15.0 Å². The molecule has 1 unspecified atom stereocenters. The van der Waals surface area contributed by atoms with Crippen LogP contribution in [-0.2, 0) is 21.6 Å². The fourth-order valence-corrected chi connectivity index (χ4v) is 2.99. The average molecular weight is 354 g/mol. The van der Waals surface area contributed by atoms with Gasteiger partial charge in [-0.15, -0.1) is 0 Å². The maximum absolute atomic E-state index is 12.8. The molecule has 1 aromatic carbocycles. The molecule has 1 aliphatic rings. The maximum Gasteiger partial charge on any atom is 0.249 e. The first-order valence-corrected chi connectivity index (χ1v) is 8.89. The molecule has 0 bridgehead atoms. The van der Waals surface area contributed by atoms with Gasteiger partial charge in [-0.1, -0.05) is 39.0 Å². The molecule has 2 aromatic rings. The SMILES string of the molecule is COCc1cc(NC2CCN(c3ccccc3)C2=O)nc(C(C)(C)C)n1. The van der Waals surface area contributed by atoms with Crippen LogP contribution in [0, 0.1) is 0 Å². The van der Waals surface area contributed by atoms with Crippen LogP contribution >= 0.6 is 0 Å². The number of hydrogen-bond donors (Lipinski definition) is 1. The molecule has 1 aliphatic heterocycles. The summed E-state index contributed by atoms with van der Waals surface area (Å²) in [6.45, 7) is 7.32. The fourth-order valence-electron chi connectivity index (χ4n) is 2.99. The van der Waals surface area contributed by atoms with Crippen molar-refractivity contribution in [2.45, 2.75) is 45.3 Å². The Labute approximate surface area is 154 Å². The Balaban J connectivity index is 1.80. The number of nitrogens with one attached hydrogen (secondary N) is 1. The Morgan fingerprint density at radius 3 is 2.62 bits per heavy atom. The number of carbonyl (C=O) groups is 1. The van der Waals surface area contributed by atoms with Crippen molar-refractivity contribution >= 4 is 17.4 Å². The molecule has 26 heavy (non-hydrogen) atoms. The lowest BCUT2D eigenvalue weighted by Gasteiger charge is -2.20. The van der Waals surface area contributed by atoms with Gasteiger partial charge in [0, 0.05) is 30.8 Å². The Hall–Kier alpha value is -2.47. The van der Waals surface area contributed by atoms with Crippen molar-refractivity contribution in [1.29, 1.82) is 0 Å². The average Bonchev–Trinajstić information content (AvgIpc) is 2.96. The smallest absolute Gasteiger partial charge is 0.249 e. The lowest BCUT2D eigenvalue weighted by atomic mass is 9.95. The molecule has 2 heterocycles. The van der Waals surface area contributed by atoms with Gasteiger partial charge in [0.05, 0.1) is 12.3 Å². The highest BCUT2D eigenvalue weighted by atomic mass is 16.5. The van der Waals surface area contributed by atoms with E-state index in [2.05, 4.69) is 36.1 Å². The third-order valence-corrected chi connectivity index (χ3v) is 4.34. The minimum atomic E-state index is -0.284. The molecule has 1 atom stereocenters. The van der Waals surface area contributed by atoms with Gasteiger partial charge in [-0.2, -0.15) is 0 Å². The second-order valence-electron chi connectivity index (χ2n) is 7.56. The van der Waals surface area contributed by atoms with Crippen LogP contribution in [0.15, 0.2) is 36.4 Å². The number of anilines is 2. The summed E-state index contributed by atoms with van der Waals surface area (Å²) in [5.41, 5.74) is 1.55. The number of rotatable bonds is 5. The molecule has 1 fully saturated rings. The molecule has 1 aromatic heterocycles. The molecule has 0 saturated carbocycles. The molecule has 1 saturated heterocycles. The van der Waals surface area contributed by atoms with E-state index in [4.69, 9.17) is 4.74 Å². The normalized spacial score (nSPS) is 17.6. The van der Waals surface area contributed by atoms with E-state index in [1.807, 2.05) is 41.3 Å². The molecule has 0 spiro atoms. The van der Waals surface area contributed by atoms with Crippen LogP contribution < -0.4 is 10.2 Å². The minimum absolute atomic E-state index is 0.0698. The Kier molecular flexibility index (Phi) is 5.23. The van der Waals surface area contributed by atoms with Crippen molar-refractivity contribution in [2.24, 2.45) is 0 Å². The van der Waals surface area contributed by atoms with Crippen LogP contribution in [0.25, 0.3) is 0 Å². The number of methoxy groups -OCH3 is 1. The van der Waals surface area contributed by atoms with E-state index < -0.39 is 0 Å². The first kappa shape index (κ1) is 18.3. The highest BCUT2D eigenvalue weighted by Crippen LogP contribution is 2.25. The summed E-state index contributed by atoms with van der Waals surface area (Å²) in [7, 11) is 1.64. The number of amides is 1. The standard InChI is InChI=1S/C20H26N4O2/c1-20(2,3)19-21-14(13-26-4)12-17(23-19)22-16-10-11-24(18(16)25)15-8-6-5-7-9-15/h5-9,12,16H,10-11,13H2,1-4H3,(H,21,22,23). The quantitative estimate of drug-likeness (QED) is 0.893. The largest absolute Gasteiger partial charge is 0.378 e. The Morgan fingerprint density at radius 2 is 1.96 bits per heavy atom. The third-order valence-electron chi connectivity index (χ3n) is 4.34. The van der Waals surface area contributed by atoms with E-state index in [1.54, 1.807) is 7.11 Å². The molecule has 0 radical (unpaired) electrons. The van der Waals surface area contributed by atoms with E-state index >= 15 is 0 Å². The summed E-state index contributed by atoms with van der Waals surface area (Å²) in [5, 5.41) is 3.30. The summed E-state index contributed by atoms with van der Waals surface area (Å²) in [6, 6.07) is 11.3.